The van der Waals surface area contributed by atoms with Crippen LogP contribution in [0.2, 0.25) is 0 Å². The van der Waals surface area contributed by atoms with Gasteiger partial charge < -0.3 is 15.2 Å². The molecular weight excluding hydrogens is 234 g/mol. The van der Waals surface area contributed by atoms with Gasteiger partial charge in [-0.15, -0.1) is 0 Å². The molecular formula is C13H17NO4. The first kappa shape index (κ1) is 14.0. The Bertz CT molecular complexity index is 414. The zero-order valence-electron chi connectivity index (χ0n) is 10.5. The standard InChI is InChI=1S/C13H17NO4/c1-3-9(13(16)17)8-14-12(15)10-4-6-11(18-2)7-5-10/h4-7,9H,3,8H2,1-2H3,(H,14,15)(H,16,17). The van der Waals surface area contributed by atoms with Crippen LogP contribution in [0, 0.1) is 5.92 Å². The summed E-state index contributed by atoms with van der Waals surface area (Å²) in [7, 11) is 1.55. The molecule has 98 valence electrons. The van der Waals surface area contributed by atoms with Crippen molar-refractivity contribution in [2.75, 3.05) is 13.7 Å². The monoisotopic (exact) mass is 251 g/mol. The molecule has 0 heterocycles. The second-order valence-electron chi connectivity index (χ2n) is 3.88. The fourth-order valence-corrected chi connectivity index (χ4v) is 1.47. The molecule has 0 aliphatic heterocycles. The van der Waals surface area contributed by atoms with Gasteiger partial charge in [0.1, 0.15) is 5.75 Å². The molecule has 1 atom stereocenters. The Balaban J connectivity index is 2.56. The van der Waals surface area contributed by atoms with Crippen LogP contribution < -0.4 is 10.1 Å². The van der Waals surface area contributed by atoms with Gasteiger partial charge in [0.15, 0.2) is 0 Å². The van der Waals surface area contributed by atoms with Crippen LogP contribution in [-0.4, -0.2) is 30.6 Å². The average molecular weight is 251 g/mol. The third kappa shape index (κ3) is 3.76. The number of hydrogen-bond acceptors (Lipinski definition) is 3. The first-order chi connectivity index (χ1) is 8.58. The highest BCUT2D eigenvalue weighted by molar-refractivity contribution is 5.94. The Labute approximate surface area is 106 Å². The molecule has 1 aromatic rings. The lowest BCUT2D eigenvalue weighted by atomic mass is 10.1. The molecule has 2 N–H and O–H groups in total. The highest BCUT2D eigenvalue weighted by Crippen LogP contribution is 2.11. The SMILES string of the molecule is CCC(CNC(=O)c1ccc(OC)cc1)C(=O)O. The largest absolute Gasteiger partial charge is 0.497 e. The van der Waals surface area contributed by atoms with E-state index in [1.165, 1.54) is 0 Å². The lowest BCUT2D eigenvalue weighted by Gasteiger charge is -2.11. The van der Waals surface area contributed by atoms with Gasteiger partial charge >= 0.3 is 5.97 Å². The molecule has 1 unspecified atom stereocenters. The van der Waals surface area contributed by atoms with E-state index >= 15 is 0 Å². The van der Waals surface area contributed by atoms with E-state index in [1.54, 1.807) is 38.3 Å². The number of ether oxygens (including phenoxy) is 1. The van der Waals surface area contributed by atoms with E-state index in [-0.39, 0.29) is 12.5 Å². The van der Waals surface area contributed by atoms with Crippen molar-refractivity contribution in [2.45, 2.75) is 13.3 Å². The van der Waals surface area contributed by atoms with Crippen LogP contribution in [-0.2, 0) is 4.79 Å². The Morgan fingerprint density at radius 2 is 1.94 bits per heavy atom. The van der Waals surface area contributed by atoms with E-state index in [0.717, 1.165) is 0 Å². The van der Waals surface area contributed by atoms with Gasteiger partial charge in [0.2, 0.25) is 0 Å². The molecule has 0 saturated heterocycles. The van der Waals surface area contributed by atoms with E-state index < -0.39 is 11.9 Å². The summed E-state index contributed by atoms with van der Waals surface area (Å²) in [5.74, 6) is -1.05. The number of nitrogens with one attached hydrogen (secondary N) is 1. The van der Waals surface area contributed by atoms with Gasteiger partial charge in [-0.3, -0.25) is 9.59 Å². The summed E-state index contributed by atoms with van der Waals surface area (Å²) in [5.41, 5.74) is 0.482. The first-order valence-electron chi connectivity index (χ1n) is 5.73. The average Bonchev–Trinajstić information content (AvgIpc) is 2.39. The van der Waals surface area contributed by atoms with Crippen molar-refractivity contribution >= 4 is 11.9 Å². The second kappa shape index (κ2) is 6.64. The van der Waals surface area contributed by atoms with Gasteiger partial charge in [0.25, 0.3) is 5.91 Å². The Hall–Kier alpha value is -2.04. The fourth-order valence-electron chi connectivity index (χ4n) is 1.47. The van der Waals surface area contributed by atoms with Crippen LogP contribution in [0.3, 0.4) is 0 Å². The Morgan fingerprint density at radius 1 is 1.33 bits per heavy atom. The van der Waals surface area contributed by atoms with Crippen molar-refractivity contribution in [3.05, 3.63) is 29.8 Å². The van der Waals surface area contributed by atoms with Crippen molar-refractivity contribution in [1.29, 1.82) is 0 Å². The third-order valence-corrected chi connectivity index (χ3v) is 2.70. The predicted molar refractivity (Wildman–Crippen MR) is 66.7 cm³/mol. The molecule has 0 radical (unpaired) electrons. The fraction of sp³-hybridized carbons (Fsp3) is 0.385. The number of carbonyl (C=O) groups excluding carboxylic acids is 1. The van der Waals surface area contributed by atoms with Gasteiger partial charge in [-0.05, 0) is 30.7 Å². The van der Waals surface area contributed by atoms with Crippen LogP contribution in [0.5, 0.6) is 5.75 Å². The van der Waals surface area contributed by atoms with Crippen molar-refractivity contribution in [3.63, 3.8) is 0 Å². The second-order valence-corrected chi connectivity index (χ2v) is 3.88. The minimum absolute atomic E-state index is 0.136. The normalized spacial score (nSPS) is 11.7. The number of benzene rings is 1. The molecule has 5 heteroatoms. The van der Waals surface area contributed by atoms with E-state index in [1.807, 2.05) is 0 Å². The number of rotatable bonds is 6. The maximum atomic E-state index is 11.7. The molecule has 0 aromatic heterocycles. The minimum Gasteiger partial charge on any atom is -0.497 e. The summed E-state index contributed by atoms with van der Waals surface area (Å²) < 4.78 is 4.99. The number of methoxy groups -OCH3 is 1. The molecule has 0 aliphatic rings. The summed E-state index contributed by atoms with van der Waals surface area (Å²) in [6, 6.07) is 6.64. The molecule has 0 saturated carbocycles. The zero-order valence-corrected chi connectivity index (χ0v) is 10.5. The van der Waals surface area contributed by atoms with E-state index in [4.69, 9.17) is 9.84 Å². The van der Waals surface area contributed by atoms with Crippen molar-refractivity contribution in [1.82, 2.24) is 5.32 Å². The highest BCUT2D eigenvalue weighted by Gasteiger charge is 2.16. The molecule has 1 amide bonds. The molecule has 1 rings (SSSR count). The molecule has 18 heavy (non-hydrogen) atoms. The number of carboxylic acids is 1. The van der Waals surface area contributed by atoms with Gasteiger partial charge in [-0.1, -0.05) is 6.92 Å². The number of hydrogen-bond donors (Lipinski definition) is 2. The maximum Gasteiger partial charge on any atom is 0.308 e. The number of aliphatic carboxylic acids is 1. The zero-order chi connectivity index (χ0) is 13.5. The van der Waals surface area contributed by atoms with E-state index in [0.29, 0.717) is 17.7 Å². The van der Waals surface area contributed by atoms with Gasteiger partial charge in [-0.2, -0.15) is 0 Å². The summed E-state index contributed by atoms with van der Waals surface area (Å²) in [4.78, 5) is 22.5. The topological polar surface area (TPSA) is 75.6 Å². The lowest BCUT2D eigenvalue weighted by Crippen LogP contribution is -2.32. The van der Waals surface area contributed by atoms with Crippen LogP contribution in [0.15, 0.2) is 24.3 Å². The first-order valence-corrected chi connectivity index (χ1v) is 5.73. The van der Waals surface area contributed by atoms with Crippen LogP contribution >= 0.6 is 0 Å². The number of amides is 1. The maximum absolute atomic E-state index is 11.7. The molecule has 1 aromatic carbocycles. The van der Waals surface area contributed by atoms with Crippen molar-refractivity contribution < 1.29 is 19.4 Å². The van der Waals surface area contributed by atoms with Crippen LogP contribution in [0.1, 0.15) is 23.7 Å². The van der Waals surface area contributed by atoms with Crippen LogP contribution in [0.25, 0.3) is 0 Å². The minimum atomic E-state index is -0.896. The number of carbonyl (C=O) groups is 2. The quantitative estimate of drug-likeness (QED) is 0.804. The van der Waals surface area contributed by atoms with Crippen molar-refractivity contribution in [2.24, 2.45) is 5.92 Å². The summed E-state index contributed by atoms with van der Waals surface area (Å²) >= 11 is 0. The highest BCUT2D eigenvalue weighted by atomic mass is 16.5. The summed E-state index contributed by atoms with van der Waals surface area (Å²) in [6.07, 6.45) is 0.484. The smallest absolute Gasteiger partial charge is 0.308 e. The van der Waals surface area contributed by atoms with Crippen LogP contribution in [0.4, 0.5) is 0 Å². The predicted octanol–water partition coefficient (Wildman–Crippen LogP) is 1.54. The number of carboxylic acid groups (broad SMARTS) is 1. The van der Waals surface area contributed by atoms with Gasteiger partial charge in [0.05, 0.1) is 13.0 Å². The lowest BCUT2D eigenvalue weighted by molar-refractivity contribution is -0.141. The molecule has 5 nitrogen and oxygen atoms in total. The van der Waals surface area contributed by atoms with Gasteiger partial charge in [0, 0.05) is 12.1 Å². The Morgan fingerprint density at radius 3 is 2.39 bits per heavy atom. The Kier molecular flexibility index (Phi) is 5.17. The van der Waals surface area contributed by atoms with Gasteiger partial charge in [-0.25, -0.2) is 0 Å². The molecule has 0 aliphatic carbocycles. The molecule has 0 bridgehead atoms. The van der Waals surface area contributed by atoms with Crippen molar-refractivity contribution in [3.8, 4) is 5.75 Å². The van der Waals surface area contributed by atoms with E-state index in [2.05, 4.69) is 5.32 Å². The van der Waals surface area contributed by atoms with E-state index in [9.17, 15) is 9.59 Å². The molecule has 0 fully saturated rings. The summed E-state index contributed by atoms with van der Waals surface area (Å²) in [6.45, 7) is 1.91. The molecule has 0 spiro atoms. The summed E-state index contributed by atoms with van der Waals surface area (Å²) in [5, 5.41) is 11.5. The third-order valence-electron chi connectivity index (χ3n) is 2.70.